The zero-order chi connectivity index (χ0) is 15.8. The van der Waals surface area contributed by atoms with Crippen LogP contribution in [0.15, 0.2) is 0 Å². The van der Waals surface area contributed by atoms with Crippen LogP contribution in [-0.2, 0) is 9.59 Å². The number of thioether (sulfide) groups is 1. The Morgan fingerprint density at radius 1 is 1.00 bits per heavy atom. The van der Waals surface area contributed by atoms with E-state index in [0.717, 1.165) is 24.5 Å². The highest BCUT2D eigenvalue weighted by molar-refractivity contribution is 7.99. The van der Waals surface area contributed by atoms with E-state index in [1.54, 1.807) is 11.8 Å². The van der Waals surface area contributed by atoms with Gasteiger partial charge < -0.3 is 9.80 Å². The van der Waals surface area contributed by atoms with E-state index in [-0.39, 0.29) is 5.91 Å². The lowest BCUT2D eigenvalue weighted by Crippen LogP contribution is -2.51. The fraction of sp³-hybridized carbons (Fsp3) is 0.882. The Labute approximate surface area is 139 Å². The summed E-state index contributed by atoms with van der Waals surface area (Å²) in [5, 5.41) is 0. The number of nitrogens with zero attached hydrogens (tertiary/aromatic N) is 2. The molecule has 1 saturated heterocycles. The number of amides is 2. The Morgan fingerprint density at radius 3 is 2.18 bits per heavy atom. The van der Waals surface area contributed by atoms with E-state index in [2.05, 4.69) is 6.92 Å². The smallest absolute Gasteiger partial charge is 0.232 e. The van der Waals surface area contributed by atoms with Crippen LogP contribution in [0, 0.1) is 5.92 Å². The monoisotopic (exact) mass is 326 g/mol. The van der Waals surface area contributed by atoms with E-state index in [4.69, 9.17) is 0 Å². The molecular weight excluding hydrogens is 296 g/mol. The summed E-state index contributed by atoms with van der Waals surface area (Å²) in [5.74, 6) is 2.94. The maximum Gasteiger partial charge on any atom is 0.232 e. The van der Waals surface area contributed by atoms with Gasteiger partial charge in [0.1, 0.15) is 0 Å². The number of piperazine rings is 1. The average Bonchev–Trinajstić information content (AvgIpc) is 3.06. The number of hydrogen-bond acceptors (Lipinski definition) is 3. The van der Waals surface area contributed by atoms with Crippen molar-refractivity contribution in [2.75, 3.05) is 37.7 Å². The van der Waals surface area contributed by atoms with Crippen LogP contribution < -0.4 is 0 Å². The lowest BCUT2D eigenvalue weighted by Gasteiger charge is -2.35. The first-order chi connectivity index (χ1) is 10.7. The molecule has 2 amide bonds. The minimum absolute atomic E-state index is 0.233. The highest BCUT2D eigenvalue weighted by Crippen LogP contribution is 2.28. The second kappa shape index (κ2) is 9.43. The van der Waals surface area contributed by atoms with Crippen molar-refractivity contribution in [3.8, 4) is 0 Å². The summed E-state index contributed by atoms with van der Waals surface area (Å²) in [5.41, 5.74) is 0. The molecule has 2 aliphatic rings. The molecule has 0 unspecified atom stereocenters. The van der Waals surface area contributed by atoms with Gasteiger partial charge in [-0.25, -0.2) is 0 Å². The van der Waals surface area contributed by atoms with Crippen molar-refractivity contribution in [1.82, 2.24) is 9.80 Å². The third-order valence-electron chi connectivity index (χ3n) is 4.80. The van der Waals surface area contributed by atoms with Crippen molar-refractivity contribution < 1.29 is 9.59 Å². The highest BCUT2D eigenvalue weighted by Gasteiger charge is 2.24. The molecule has 0 aromatic rings. The predicted molar refractivity (Wildman–Crippen MR) is 92.0 cm³/mol. The predicted octanol–water partition coefficient (Wildman–Crippen LogP) is 2.77. The molecular formula is C17H30N2O2S. The fourth-order valence-corrected chi connectivity index (χ4v) is 4.18. The van der Waals surface area contributed by atoms with E-state index in [9.17, 15) is 9.59 Å². The summed E-state index contributed by atoms with van der Waals surface area (Å²) in [6.45, 7) is 4.98. The van der Waals surface area contributed by atoms with Crippen LogP contribution in [0.1, 0.15) is 51.9 Å². The minimum atomic E-state index is 0.233. The van der Waals surface area contributed by atoms with Crippen LogP contribution in [0.4, 0.5) is 0 Å². The molecule has 2 fully saturated rings. The van der Waals surface area contributed by atoms with Crippen molar-refractivity contribution in [3.05, 3.63) is 0 Å². The Kier molecular flexibility index (Phi) is 7.56. The first kappa shape index (κ1) is 17.6. The van der Waals surface area contributed by atoms with Gasteiger partial charge >= 0.3 is 0 Å². The largest absolute Gasteiger partial charge is 0.339 e. The number of carbonyl (C=O) groups is 2. The molecule has 0 bridgehead atoms. The lowest BCUT2D eigenvalue weighted by molar-refractivity contribution is -0.138. The highest BCUT2D eigenvalue weighted by atomic mass is 32.2. The van der Waals surface area contributed by atoms with Gasteiger partial charge in [-0.05, 0) is 24.5 Å². The number of rotatable bonds is 7. The standard InChI is InChI=1S/C17H30N2O2S/c1-2-13-22-14-17(21)19-11-9-18(10-12-19)16(20)8-7-15-5-3-4-6-15/h15H,2-14H2,1H3. The zero-order valence-electron chi connectivity index (χ0n) is 13.9. The Morgan fingerprint density at radius 2 is 1.59 bits per heavy atom. The Hall–Kier alpha value is -0.710. The number of hydrogen-bond donors (Lipinski definition) is 0. The van der Waals surface area contributed by atoms with E-state index in [1.165, 1.54) is 25.7 Å². The quantitative estimate of drug-likeness (QED) is 0.676. The van der Waals surface area contributed by atoms with Crippen molar-refractivity contribution in [1.29, 1.82) is 0 Å². The van der Waals surface area contributed by atoms with Gasteiger partial charge in [0.2, 0.25) is 11.8 Å². The minimum Gasteiger partial charge on any atom is -0.339 e. The summed E-state index contributed by atoms with van der Waals surface area (Å²) in [6.07, 6.45) is 8.18. The molecule has 1 aliphatic carbocycles. The molecule has 5 heteroatoms. The SMILES string of the molecule is CCCSCC(=O)N1CCN(C(=O)CCC2CCCC2)CC1. The Balaban J connectivity index is 1.63. The molecule has 0 radical (unpaired) electrons. The molecule has 0 atom stereocenters. The van der Waals surface area contributed by atoms with Crippen molar-refractivity contribution in [3.63, 3.8) is 0 Å². The van der Waals surface area contributed by atoms with E-state index in [1.807, 2.05) is 9.80 Å². The topological polar surface area (TPSA) is 40.6 Å². The molecule has 1 heterocycles. The molecule has 0 N–H and O–H groups in total. The van der Waals surface area contributed by atoms with Crippen molar-refractivity contribution in [2.45, 2.75) is 51.9 Å². The first-order valence-electron chi connectivity index (χ1n) is 8.84. The normalized spacial score (nSPS) is 19.7. The van der Waals surface area contributed by atoms with Gasteiger partial charge in [0.25, 0.3) is 0 Å². The third-order valence-corrected chi connectivity index (χ3v) is 5.95. The van der Waals surface area contributed by atoms with Gasteiger partial charge in [0.15, 0.2) is 0 Å². The van der Waals surface area contributed by atoms with Gasteiger partial charge in [-0.2, -0.15) is 11.8 Å². The zero-order valence-corrected chi connectivity index (χ0v) is 14.7. The Bertz CT molecular complexity index is 362. The van der Waals surface area contributed by atoms with Crippen LogP contribution in [-0.4, -0.2) is 59.3 Å². The summed E-state index contributed by atoms with van der Waals surface area (Å²) in [7, 11) is 0. The first-order valence-corrected chi connectivity index (χ1v) is 9.99. The van der Waals surface area contributed by atoms with Crippen LogP contribution in [0.2, 0.25) is 0 Å². The van der Waals surface area contributed by atoms with Gasteiger partial charge in [-0.1, -0.05) is 32.6 Å². The van der Waals surface area contributed by atoms with Crippen molar-refractivity contribution in [2.24, 2.45) is 5.92 Å². The molecule has 126 valence electrons. The van der Waals surface area contributed by atoms with Crippen LogP contribution >= 0.6 is 11.8 Å². The molecule has 22 heavy (non-hydrogen) atoms. The second-order valence-electron chi connectivity index (χ2n) is 6.50. The fourth-order valence-electron chi connectivity index (χ4n) is 3.39. The van der Waals surface area contributed by atoms with Crippen LogP contribution in [0.5, 0.6) is 0 Å². The second-order valence-corrected chi connectivity index (χ2v) is 7.61. The molecule has 0 aromatic heterocycles. The van der Waals surface area contributed by atoms with Gasteiger partial charge in [0.05, 0.1) is 5.75 Å². The van der Waals surface area contributed by atoms with Gasteiger partial charge in [0, 0.05) is 32.6 Å². The van der Waals surface area contributed by atoms with Gasteiger partial charge in [-0.15, -0.1) is 0 Å². The number of carbonyl (C=O) groups excluding carboxylic acids is 2. The molecule has 4 nitrogen and oxygen atoms in total. The lowest BCUT2D eigenvalue weighted by atomic mass is 10.0. The summed E-state index contributed by atoms with van der Waals surface area (Å²) in [6, 6.07) is 0. The molecule has 0 spiro atoms. The van der Waals surface area contributed by atoms with Crippen LogP contribution in [0.3, 0.4) is 0 Å². The van der Waals surface area contributed by atoms with E-state index in [0.29, 0.717) is 44.3 Å². The average molecular weight is 327 g/mol. The van der Waals surface area contributed by atoms with E-state index >= 15 is 0 Å². The van der Waals surface area contributed by atoms with Gasteiger partial charge in [-0.3, -0.25) is 9.59 Å². The molecule has 1 saturated carbocycles. The molecule has 2 rings (SSSR count). The summed E-state index contributed by atoms with van der Waals surface area (Å²) >= 11 is 1.71. The summed E-state index contributed by atoms with van der Waals surface area (Å²) in [4.78, 5) is 28.2. The maximum atomic E-state index is 12.3. The maximum absolute atomic E-state index is 12.3. The molecule has 0 aromatic carbocycles. The third kappa shape index (κ3) is 5.49. The van der Waals surface area contributed by atoms with E-state index < -0.39 is 0 Å². The van der Waals surface area contributed by atoms with Crippen LogP contribution in [0.25, 0.3) is 0 Å². The van der Waals surface area contributed by atoms with Crippen molar-refractivity contribution >= 4 is 23.6 Å². The molecule has 1 aliphatic heterocycles. The summed E-state index contributed by atoms with van der Waals surface area (Å²) < 4.78 is 0.